The third-order valence-electron chi connectivity index (χ3n) is 10.6. The lowest BCUT2D eigenvalue weighted by molar-refractivity contribution is -0.135. The van der Waals surface area contributed by atoms with E-state index >= 15 is 0 Å². The number of carbonyl (C=O) groups excluding carboxylic acids is 3. The molecule has 12 heteroatoms. The van der Waals surface area contributed by atoms with Gasteiger partial charge in [-0.1, -0.05) is 43.2 Å². The Hall–Kier alpha value is -5.23. The second kappa shape index (κ2) is 16.0. The molecule has 3 heterocycles. The topological polar surface area (TPSA) is 157 Å². The van der Waals surface area contributed by atoms with E-state index in [4.69, 9.17) is 9.72 Å². The molecule has 1 aliphatic carbocycles. The Kier molecular flexibility index (Phi) is 10.8. The van der Waals surface area contributed by atoms with Crippen molar-refractivity contribution >= 4 is 39.7 Å². The van der Waals surface area contributed by atoms with Crippen molar-refractivity contribution in [1.29, 1.82) is 0 Å². The molecule has 2 unspecified atom stereocenters. The summed E-state index contributed by atoms with van der Waals surface area (Å²) >= 11 is 0. The molecule has 0 spiro atoms. The molecule has 2 atom stereocenters. The first-order valence-electron chi connectivity index (χ1n) is 18.5. The number of H-pyrrole nitrogens is 2. The van der Waals surface area contributed by atoms with Gasteiger partial charge in [-0.25, -0.2) is 14.8 Å². The van der Waals surface area contributed by atoms with E-state index in [1.165, 1.54) is 7.11 Å². The van der Waals surface area contributed by atoms with Gasteiger partial charge >= 0.3 is 6.09 Å². The molecular formula is C40H48N8O4. The minimum atomic E-state index is -0.585. The second-order valence-corrected chi connectivity index (χ2v) is 14.1. The number of ether oxygens (including phenoxy) is 1. The van der Waals surface area contributed by atoms with E-state index in [1.54, 1.807) is 7.05 Å². The number of hydrogen-bond donors (Lipinski definition) is 5. The number of likely N-dealkylation sites (N-methyl/N-ethyl adjacent to an activating group) is 1. The summed E-state index contributed by atoms with van der Waals surface area (Å²) < 4.78 is 4.87. The number of unbranched alkanes of at least 4 members (excludes halogenated alkanes) is 1. The van der Waals surface area contributed by atoms with Crippen molar-refractivity contribution in [2.75, 3.05) is 33.8 Å². The number of methoxy groups -OCH3 is 1. The van der Waals surface area contributed by atoms with E-state index < -0.39 is 12.1 Å². The highest BCUT2D eigenvalue weighted by Crippen LogP contribution is 2.36. The van der Waals surface area contributed by atoms with Crippen LogP contribution in [0.5, 0.6) is 0 Å². The average Bonchev–Trinajstić information content (AvgIpc) is 4.00. The molecule has 0 radical (unpaired) electrons. The minimum absolute atomic E-state index is 0.0156. The van der Waals surface area contributed by atoms with Crippen molar-refractivity contribution < 1.29 is 19.1 Å². The van der Waals surface area contributed by atoms with E-state index in [0.717, 1.165) is 114 Å². The zero-order valence-corrected chi connectivity index (χ0v) is 30.0. The standard InChI is InChI=1S/C40H48N8O4/c1-41-24-36(49)42-18-6-5-11-35-43-23-33(44-35)30-15-14-26-20-27(12-13-28(26)21-30)29-16-17-31-32(22-29)46-38(45-31)34-10-7-19-48(34)39(50)37(47-40(51)52-2)25-8-3-4-9-25/h12-17,20-23,25,34,37,41H,3-11,18-19,24H2,1-2H3,(H,42,49)(H,43,44)(H,45,46)(H,47,51). The molecule has 2 aliphatic rings. The van der Waals surface area contributed by atoms with Gasteiger partial charge < -0.3 is 35.6 Å². The Bertz CT molecular complexity index is 2050. The largest absolute Gasteiger partial charge is 0.453 e. The highest BCUT2D eigenvalue weighted by molar-refractivity contribution is 5.92. The number of amides is 3. The van der Waals surface area contributed by atoms with Gasteiger partial charge in [0.1, 0.15) is 17.7 Å². The number of hydrogen-bond acceptors (Lipinski definition) is 7. The summed E-state index contributed by atoms with van der Waals surface area (Å²) in [5.41, 5.74) is 6.04. The Morgan fingerprint density at radius 1 is 0.923 bits per heavy atom. The number of likely N-dealkylation sites (tertiary alicyclic amines) is 1. The molecule has 7 rings (SSSR count). The van der Waals surface area contributed by atoms with Crippen LogP contribution in [0.25, 0.3) is 44.2 Å². The SMILES string of the molecule is CNCC(=O)NCCCCc1ncc(-c2ccc3cc(-c4ccc5nc(C6CCCN6C(=O)C(NC(=O)OC)C6CCCC6)[nH]c5c4)ccc3c2)[nH]1. The van der Waals surface area contributed by atoms with Crippen molar-refractivity contribution in [3.63, 3.8) is 0 Å². The van der Waals surface area contributed by atoms with Crippen LogP contribution >= 0.6 is 0 Å². The van der Waals surface area contributed by atoms with E-state index in [1.807, 2.05) is 17.2 Å². The molecule has 3 amide bonds. The van der Waals surface area contributed by atoms with Gasteiger partial charge in [0.05, 0.1) is 42.6 Å². The number of rotatable bonds is 13. The summed E-state index contributed by atoms with van der Waals surface area (Å²) in [5.74, 6) is 1.81. The molecular weight excluding hydrogens is 656 g/mol. The Morgan fingerprint density at radius 3 is 2.46 bits per heavy atom. The molecule has 12 nitrogen and oxygen atoms in total. The van der Waals surface area contributed by atoms with Crippen LogP contribution in [-0.2, 0) is 20.7 Å². The molecule has 2 aromatic heterocycles. The fourth-order valence-electron chi connectivity index (χ4n) is 7.82. The fraction of sp³-hybridized carbons (Fsp3) is 0.425. The smallest absolute Gasteiger partial charge is 0.407 e. The molecule has 2 fully saturated rings. The zero-order valence-electron chi connectivity index (χ0n) is 30.0. The van der Waals surface area contributed by atoms with Gasteiger partial charge in [-0.05, 0) is 97.7 Å². The summed E-state index contributed by atoms with van der Waals surface area (Å²) in [6.45, 7) is 1.64. The first kappa shape index (κ1) is 35.2. The first-order chi connectivity index (χ1) is 25.4. The van der Waals surface area contributed by atoms with Crippen molar-refractivity contribution in [1.82, 2.24) is 40.8 Å². The average molecular weight is 705 g/mol. The van der Waals surface area contributed by atoms with Crippen LogP contribution in [0.15, 0.2) is 60.8 Å². The lowest BCUT2D eigenvalue weighted by atomic mass is 9.96. The normalized spacial score (nSPS) is 16.8. The van der Waals surface area contributed by atoms with Crippen molar-refractivity contribution in [2.24, 2.45) is 5.92 Å². The number of imidazole rings is 2. The molecule has 1 saturated heterocycles. The quantitative estimate of drug-likeness (QED) is 0.0940. The molecule has 0 bridgehead atoms. The van der Waals surface area contributed by atoms with Crippen LogP contribution < -0.4 is 16.0 Å². The predicted molar refractivity (Wildman–Crippen MR) is 201 cm³/mol. The number of alkyl carbamates (subject to hydrolysis) is 1. The van der Waals surface area contributed by atoms with Crippen molar-refractivity contribution in [3.8, 4) is 22.4 Å². The highest BCUT2D eigenvalue weighted by Gasteiger charge is 2.40. The van der Waals surface area contributed by atoms with E-state index in [-0.39, 0.29) is 23.8 Å². The third-order valence-corrected chi connectivity index (χ3v) is 10.6. The van der Waals surface area contributed by atoms with E-state index in [2.05, 4.69) is 79.4 Å². The number of benzene rings is 3. The monoisotopic (exact) mass is 704 g/mol. The molecule has 52 heavy (non-hydrogen) atoms. The zero-order chi connectivity index (χ0) is 36.0. The van der Waals surface area contributed by atoms with Gasteiger partial charge in [-0.3, -0.25) is 9.59 Å². The molecule has 1 aliphatic heterocycles. The first-order valence-corrected chi connectivity index (χ1v) is 18.5. The lowest BCUT2D eigenvalue weighted by Gasteiger charge is -2.31. The van der Waals surface area contributed by atoms with Gasteiger partial charge in [-0.15, -0.1) is 0 Å². The van der Waals surface area contributed by atoms with Crippen LogP contribution in [0, 0.1) is 5.92 Å². The van der Waals surface area contributed by atoms with Gasteiger partial charge in [0.15, 0.2) is 0 Å². The molecule has 3 aromatic carbocycles. The fourth-order valence-corrected chi connectivity index (χ4v) is 7.82. The Balaban J connectivity index is 1.02. The Morgan fingerprint density at radius 2 is 1.67 bits per heavy atom. The van der Waals surface area contributed by atoms with Gasteiger partial charge in [0.25, 0.3) is 0 Å². The molecule has 1 saturated carbocycles. The predicted octanol–water partition coefficient (Wildman–Crippen LogP) is 6.01. The van der Waals surface area contributed by atoms with Crippen LogP contribution in [-0.4, -0.2) is 82.6 Å². The number of nitrogens with one attached hydrogen (secondary N) is 5. The lowest BCUT2D eigenvalue weighted by Crippen LogP contribution is -2.51. The summed E-state index contributed by atoms with van der Waals surface area (Å²) in [6.07, 6.45) is 9.69. The van der Waals surface area contributed by atoms with Crippen LogP contribution in [0.1, 0.15) is 69.1 Å². The number of aromatic nitrogens is 4. The Labute approximate surface area is 303 Å². The summed E-state index contributed by atoms with van der Waals surface area (Å²) in [5, 5.41) is 10.9. The number of aryl methyl sites for hydroxylation is 1. The maximum atomic E-state index is 13.9. The number of carbonyl (C=O) groups is 3. The molecule has 5 N–H and O–H groups in total. The maximum absolute atomic E-state index is 13.9. The van der Waals surface area contributed by atoms with Crippen LogP contribution in [0.4, 0.5) is 4.79 Å². The van der Waals surface area contributed by atoms with Gasteiger partial charge in [0.2, 0.25) is 11.8 Å². The van der Waals surface area contributed by atoms with Crippen molar-refractivity contribution in [3.05, 3.63) is 72.4 Å². The summed E-state index contributed by atoms with van der Waals surface area (Å²) in [4.78, 5) is 56.1. The van der Waals surface area contributed by atoms with E-state index in [0.29, 0.717) is 19.6 Å². The van der Waals surface area contributed by atoms with Crippen molar-refractivity contribution in [2.45, 2.75) is 69.9 Å². The summed E-state index contributed by atoms with van der Waals surface area (Å²) in [7, 11) is 3.10. The van der Waals surface area contributed by atoms with Gasteiger partial charge in [-0.2, -0.15) is 0 Å². The minimum Gasteiger partial charge on any atom is -0.453 e. The number of fused-ring (bicyclic) bond motifs is 2. The maximum Gasteiger partial charge on any atom is 0.407 e. The molecule has 5 aromatic rings. The number of nitrogens with zero attached hydrogens (tertiary/aromatic N) is 3. The summed E-state index contributed by atoms with van der Waals surface area (Å²) in [6, 6.07) is 18.5. The van der Waals surface area contributed by atoms with Crippen LogP contribution in [0.2, 0.25) is 0 Å². The molecule has 272 valence electrons. The second-order valence-electron chi connectivity index (χ2n) is 14.1. The highest BCUT2D eigenvalue weighted by atomic mass is 16.5. The van der Waals surface area contributed by atoms with Crippen LogP contribution in [0.3, 0.4) is 0 Å². The third kappa shape index (κ3) is 7.81. The number of aromatic amines is 2. The van der Waals surface area contributed by atoms with Gasteiger partial charge in [0, 0.05) is 25.1 Å². The van der Waals surface area contributed by atoms with E-state index in [9.17, 15) is 14.4 Å².